The van der Waals surface area contributed by atoms with Crippen molar-refractivity contribution in [3.05, 3.63) is 34.4 Å². The van der Waals surface area contributed by atoms with Gasteiger partial charge in [0.25, 0.3) is 0 Å². The van der Waals surface area contributed by atoms with Crippen LogP contribution in [-0.2, 0) is 14.1 Å². The van der Waals surface area contributed by atoms with Crippen molar-refractivity contribution >= 4 is 0 Å². The van der Waals surface area contributed by atoms with Crippen LogP contribution >= 0.6 is 0 Å². The van der Waals surface area contributed by atoms with Crippen LogP contribution in [0.15, 0.2) is 6.20 Å². The van der Waals surface area contributed by atoms with E-state index in [4.69, 9.17) is 0 Å². The highest BCUT2D eigenvalue weighted by Gasteiger charge is 2.20. The molecule has 2 atom stereocenters. The lowest BCUT2D eigenvalue weighted by molar-refractivity contribution is 0.489. The van der Waals surface area contributed by atoms with Crippen LogP contribution in [0.4, 0.5) is 0 Å². The van der Waals surface area contributed by atoms with E-state index < -0.39 is 0 Å². The molecule has 5 nitrogen and oxygen atoms in total. The normalized spacial score (nSPS) is 14.6. The molecule has 1 N–H and O–H groups in total. The quantitative estimate of drug-likeness (QED) is 0.932. The second kappa shape index (κ2) is 5.40. The topological polar surface area (TPSA) is 47.7 Å². The van der Waals surface area contributed by atoms with Gasteiger partial charge in [0, 0.05) is 48.7 Å². The van der Waals surface area contributed by atoms with Gasteiger partial charge in [-0.25, -0.2) is 0 Å². The molecule has 110 valence electrons. The lowest BCUT2D eigenvalue weighted by Crippen LogP contribution is -2.23. The average molecular weight is 275 g/mol. The summed E-state index contributed by atoms with van der Waals surface area (Å²) in [6.45, 7) is 10.7. The Morgan fingerprint density at radius 2 is 1.65 bits per heavy atom. The second-order valence-electron chi connectivity index (χ2n) is 5.63. The molecule has 2 aromatic heterocycles. The van der Waals surface area contributed by atoms with Crippen LogP contribution in [0.2, 0.25) is 0 Å². The predicted molar refractivity (Wildman–Crippen MR) is 80.6 cm³/mol. The summed E-state index contributed by atoms with van der Waals surface area (Å²) in [4.78, 5) is 0. The smallest absolute Gasteiger partial charge is 0.0644 e. The Hall–Kier alpha value is -1.62. The van der Waals surface area contributed by atoms with Crippen molar-refractivity contribution in [3.8, 4) is 0 Å². The highest BCUT2D eigenvalue weighted by molar-refractivity contribution is 5.28. The molecule has 2 rings (SSSR count). The minimum Gasteiger partial charge on any atom is -0.303 e. The van der Waals surface area contributed by atoms with Crippen LogP contribution in [0.5, 0.6) is 0 Å². The fourth-order valence-electron chi connectivity index (χ4n) is 2.91. The van der Waals surface area contributed by atoms with Gasteiger partial charge in [0.2, 0.25) is 0 Å². The van der Waals surface area contributed by atoms with Gasteiger partial charge in [0.15, 0.2) is 0 Å². The first-order chi connectivity index (χ1) is 9.32. The van der Waals surface area contributed by atoms with Crippen LogP contribution < -0.4 is 5.32 Å². The number of rotatable bonds is 4. The average Bonchev–Trinajstić information content (AvgIpc) is 2.81. The number of aromatic nitrogens is 4. The minimum absolute atomic E-state index is 0.262. The molecule has 0 spiro atoms. The van der Waals surface area contributed by atoms with Crippen molar-refractivity contribution in [1.29, 1.82) is 0 Å². The number of nitrogens with zero attached hydrogens (tertiary/aromatic N) is 4. The number of nitrogens with one attached hydrogen (secondary N) is 1. The molecule has 0 aliphatic rings. The van der Waals surface area contributed by atoms with Crippen LogP contribution in [0, 0.1) is 20.8 Å². The summed E-state index contributed by atoms with van der Waals surface area (Å²) in [5.41, 5.74) is 6.06. The van der Waals surface area contributed by atoms with Crippen molar-refractivity contribution < 1.29 is 0 Å². The fourth-order valence-corrected chi connectivity index (χ4v) is 2.91. The molecule has 0 saturated heterocycles. The summed E-state index contributed by atoms with van der Waals surface area (Å²) in [6.07, 6.45) is 1.95. The molecule has 5 heteroatoms. The van der Waals surface area contributed by atoms with Crippen molar-refractivity contribution in [1.82, 2.24) is 24.9 Å². The molecule has 0 bridgehead atoms. The van der Waals surface area contributed by atoms with E-state index >= 15 is 0 Å². The summed E-state index contributed by atoms with van der Waals surface area (Å²) >= 11 is 0. The van der Waals surface area contributed by atoms with Gasteiger partial charge in [-0.05, 0) is 34.6 Å². The lowest BCUT2D eigenvalue weighted by Gasteiger charge is -2.20. The van der Waals surface area contributed by atoms with Crippen LogP contribution in [-0.4, -0.2) is 19.6 Å². The van der Waals surface area contributed by atoms with Crippen LogP contribution in [0.1, 0.15) is 54.1 Å². The second-order valence-corrected chi connectivity index (χ2v) is 5.63. The summed E-state index contributed by atoms with van der Waals surface area (Å²) in [5.74, 6) is 0. The molecule has 0 aliphatic heterocycles. The van der Waals surface area contributed by atoms with Crippen molar-refractivity contribution in [2.75, 3.05) is 0 Å². The highest BCUT2D eigenvalue weighted by atomic mass is 15.3. The molecule has 20 heavy (non-hydrogen) atoms. The van der Waals surface area contributed by atoms with E-state index in [2.05, 4.69) is 50.1 Å². The van der Waals surface area contributed by atoms with Gasteiger partial charge in [-0.3, -0.25) is 9.36 Å². The van der Waals surface area contributed by atoms with E-state index in [-0.39, 0.29) is 12.1 Å². The van der Waals surface area contributed by atoms with Gasteiger partial charge >= 0.3 is 0 Å². The van der Waals surface area contributed by atoms with Gasteiger partial charge in [-0.15, -0.1) is 0 Å². The zero-order valence-electron chi connectivity index (χ0n) is 13.5. The Balaban J connectivity index is 2.19. The third-order valence-corrected chi connectivity index (χ3v) is 4.24. The van der Waals surface area contributed by atoms with Gasteiger partial charge in [0.1, 0.15) is 0 Å². The Morgan fingerprint density at radius 1 is 1.00 bits per heavy atom. The first-order valence-electron chi connectivity index (χ1n) is 7.07. The fraction of sp³-hybridized carbons (Fsp3) is 0.600. The maximum atomic E-state index is 4.49. The van der Waals surface area contributed by atoms with Crippen molar-refractivity contribution in [3.63, 3.8) is 0 Å². The summed E-state index contributed by atoms with van der Waals surface area (Å²) in [5, 5.41) is 12.5. The molecule has 0 aliphatic carbocycles. The molecule has 0 saturated carbocycles. The maximum absolute atomic E-state index is 4.49. The van der Waals surface area contributed by atoms with Crippen LogP contribution in [0.25, 0.3) is 0 Å². The number of hydrogen-bond acceptors (Lipinski definition) is 3. The molecule has 2 aromatic rings. The van der Waals surface area contributed by atoms with Gasteiger partial charge in [-0.2, -0.15) is 10.2 Å². The number of hydrogen-bond donors (Lipinski definition) is 1. The number of aryl methyl sites for hydroxylation is 3. The van der Waals surface area contributed by atoms with E-state index in [0.717, 1.165) is 5.69 Å². The van der Waals surface area contributed by atoms with E-state index in [1.807, 2.05) is 29.7 Å². The molecular formula is C15H25N5. The highest BCUT2D eigenvalue weighted by Crippen LogP contribution is 2.25. The minimum atomic E-state index is 0.262. The predicted octanol–water partition coefficient (Wildman–Crippen LogP) is 2.49. The molecule has 2 unspecified atom stereocenters. The van der Waals surface area contributed by atoms with Gasteiger partial charge < -0.3 is 5.32 Å². The van der Waals surface area contributed by atoms with Gasteiger partial charge in [-0.1, -0.05) is 0 Å². The Kier molecular flexibility index (Phi) is 3.99. The lowest BCUT2D eigenvalue weighted by atomic mass is 10.0. The Morgan fingerprint density at radius 3 is 2.10 bits per heavy atom. The first-order valence-corrected chi connectivity index (χ1v) is 7.07. The van der Waals surface area contributed by atoms with E-state index in [1.54, 1.807) is 0 Å². The third-order valence-electron chi connectivity index (χ3n) is 4.24. The summed E-state index contributed by atoms with van der Waals surface area (Å²) < 4.78 is 3.86. The monoisotopic (exact) mass is 275 g/mol. The molecule has 2 heterocycles. The molecule has 0 fully saturated rings. The first kappa shape index (κ1) is 14.8. The molecule has 0 aromatic carbocycles. The molecular weight excluding hydrogens is 250 g/mol. The zero-order chi connectivity index (χ0) is 15.0. The Bertz CT molecular complexity index is 608. The van der Waals surface area contributed by atoms with Gasteiger partial charge in [0.05, 0.1) is 11.9 Å². The van der Waals surface area contributed by atoms with E-state index in [1.165, 1.54) is 22.5 Å². The molecule has 0 amide bonds. The zero-order valence-corrected chi connectivity index (χ0v) is 13.5. The standard InChI is InChI=1S/C15H25N5/c1-9(14-8-16-19(6)12(14)4)17-10(2)15-11(3)18-20(7)13(15)5/h8-10,17H,1-7H3. The van der Waals surface area contributed by atoms with Crippen molar-refractivity contribution in [2.24, 2.45) is 14.1 Å². The van der Waals surface area contributed by atoms with E-state index in [0.29, 0.717) is 0 Å². The van der Waals surface area contributed by atoms with Crippen molar-refractivity contribution in [2.45, 2.75) is 46.7 Å². The summed E-state index contributed by atoms with van der Waals surface area (Å²) in [6, 6.07) is 0.524. The SMILES string of the molecule is Cc1nn(C)c(C)c1C(C)NC(C)c1cnn(C)c1C. The molecule has 0 radical (unpaired) electrons. The summed E-state index contributed by atoms with van der Waals surface area (Å²) in [7, 11) is 3.97. The largest absolute Gasteiger partial charge is 0.303 e. The maximum Gasteiger partial charge on any atom is 0.0644 e. The van der Waals surface area contributed by atoms with E-state index in [9.17, 15) is 0 Å². The Labute approximate surface area is 121 Å². The third kappa shape index (κ3) is 2.50. The van der Waals surface area contributed by atoms with Crippen LogP contribution in [0.3, 0.4) is 0 Å².